The predicted molar refractivity (Wildman–Crippen MR) is 85.3 cm³/mol. The van der Waals surface area contributed by atoms with Gasteiger partial charge < -0.3 is 10.1 Å². The van der Waals surface area contributed by atoms with E-state index in [2.05, 4.69) is 19.2 Å². The van der Waals surface area contributed by atoms with Crippen LogP contribution in [-0.2, 0) is 4.79 Å². The molecule has 7 heteroatoms. The van der Waals surface area contributed by atoms with Gasteiger partial charge in [-0.05, 0) is 37.8 Å². The molecule has 0 aromatic heterocycles. The van der Waals surface area contributed by atoms with Crippen molar-refractivity contribution in [1.82, 2.24) is 5.32 Å². The summed E-state index contributed by atoms with van der Waals surface area (Å²) in [6.07, 6.45) is 1.90. The summed E-state index contributed by atoms with van der Waals surface area (Å²) in [7, 11) is 0. The molecule has 1 rings (SSSR count). The van der Waals surface area contributed by atoms with E-state index in [1.165, 1.54) is 18.2 Å². The van der Waals surface area contributed by atoms with Crippen molar-refractivity contribution in [2.24, 2.45) is 5.92 Å². The lowest BCUT2D eigenvalue weighted by molar-refractivity contribution is -0.385. The fourth-order valence-electron chi connectivity index (χ4n) is 1.87. The van der Waals surface area contributed by atoms with Crippen LogP contribution in [0.25, 0.3) is 0 Å². The molecule has 0 aliphatic heterocycles. The van der Waals surface area contributed by atoms with E-state index in [1.54, 1.807) is 0 Å². The Morgan fingerprint density at radius 2 is 2.05 bits per heavy atom. The van der Waals surface area contributed by atoms with E-state index < -0.39 is 4.92 Å². The molecule has 22 heavy (non-hydrogen) atoms. The number of nitro groups is 1. The van der Waals surface area contributed by atoms with Gasteiger partial charge in [0.1, 0.15) is 0 Å². The molecule has 0 heterocycles. The van der Waals surface area contributed by atoms with Crippen molar-refractivity contribution in [2.45, 2.75) is 39.7 Å². The minimum atomic E-state index is -0.593. The summed E-state index contributed by atoms with van der Waals surface area (Å²) in [4.78, 5) is 22.1. The smallest absolute Gasteiger partial charge is 0.312 e. The summed E-state index contributed by atoms with van der Waals surface area (Å²) in [5.74, 6) is 0.298. The zero-order valence-corrected chi connectivity index (χ0v) is 13.7. The standard InChI is InChI=1S/C15H21ClN2O4/c1-10(2)4-5-11(3)17-15(19)9-22-14-7-6-12(16)8-13(14)18(20)21/h6-8,10-11H,4-5,9H2,1-3H3,(H,17,19)/t11-/m0/s1. The van der Waals surface area contributed by atoms with Crippen LogP contribution in [0.1, 0.15) is 33.6 Å². The molecule has 0 radical (unpaired) electrons. The largest absolute Gasteiger partial charge is 0.477 e. The molecule has 0 spiro atoms. The number of amides is 1. The van der Waals surface area contributed by atoms with Crippen LogP contribution in [0.15, 0.2) is 18.2 Å². The fraction of sp³-hybridized carbons (Fsp3) is 0.533. The van der Waals surface area contributed by atoms with Crippen LogP contribution in [-0.4, -0.2) is 23.5 Å². The van der Waals surface area contributed by atoms with Gasteiger partial charge in [-0.1, -0.05) is 25.4 Å². The lowest BCUT2D eigenvalue weighted by Crippen LogP contribution is -2.36. The SMILES string of the molecule is CC(C)CC[C@H](C)NC(=O)COc1ccc(Cl)cc1[N+](=O)[O-]. The Balaban J connectivity index is 2.52. The summed E-state index contributed by atoms with van der Waals surface area (Å²) < 4.78 is 5.23. The topological polar surface area (TPSA) is 81.5 Å². The zero-order valence-electron chi connectivity index (χ0n) is 13.0. The van der Waals surface area contributed by atoms with Crippen molar-refractivity contribution < 1.29 is 14.5 Å². The Morgan fingerprint density at radius 1 is 1.36 bits per heavy atom. The summed E-state index contributed by atoms with van der Waals surface area (Å²) >= 11 is 5.71. The molecule has 0 saturated carbocycles. The highest BCUT2D eigenvalue weighted by molar-refractivity contribution is 6.30. The lowest BCUT2D eigenvalue weighted by atomic mass is 10.0. The van der Waals surface area contributed by atoms with Gasteiger partial charge in [0.15, 0.2) is 12.4 Å². The van der Waals surface area contributed by atoms with Crippen LogP contribution in [0.4, 0.5) is 5.69 Å². The average molecular weight is 329 g/mol. The highest BCUT2D eigenvalue weighted by Crippen LogP contribution is 2.29. The summed E-state index contributed by atoms with van der Waals surface area (Å²) in [6.45, 7) is 5.90. The van der Waals surface area contributed by atoms with Gasteiger partial charge in [-0.15, -0.1) is 0 Å². The normalized spacial score (nSPS) is 12.0. The molecule has 122 valence electrons. The number of carbonyl (C=O) groups excluding carboxylic acids is 1. The highest BCUT2D eigenvalue weighted by Gasteiger charge is 2.17. The Labute approximate surface area is 134 Å². The van der Waals surface area contributed by atoms with Crippen LogP contribution in [0.3, 0.4) is 0 Å². The number of nitrogens with one attached hydrogen (secondary N) is 1. The van der Waals surface area contributed by atoms with E-state index in [1.807, 2.05) is 6.92 Å². The van der Waals surface area contributed by atoms with Crippen LogP contribution < -0.4 is 10.1 Å². The first kappa shape index (κ1) is 18.2. The predicted octanol–water partition coefficient (Wildman–Crippen LogP) is 3.57. The van der Waals surface area contributed by atoms with E-state index in [9.17, 15) is 14.9 Å². The second kappa shape index (κ2) is 8.58. The van der Waals surface area contributed by atoms with Gasteiger partial charge in [0.2, 0.25) is 0 Å². The van der Waals surface area contributed by atoms with Crippen LogP contribution in [0, 0.1) is 16.0 Å². The molecule has 0 aliphatic rings. The number of hydrogen-bond donors (Lipinski definition) is 1. The van der Waals surface area contributed by atoms with Gasteiger partial charge in [0.25, 0.3) is 5.91 Å². The molecule has 0 fully saturated rings. The van der Waals surface area contributed by atoms with Crippen LogP contribution in [0.5, 0.6) is 5.75 Å². The third kappa shape index (κ3) is 6.30. The van der Waals surface area contributed by atoms with Crippen LogP contribution >= 0.6 is 11.6 Å². The van der Waals surface area contributed by atoms with E-state index in [0.717, 1.165) is 12.8 Å². The fourth-order valence-corrected chi connectivity index (χ4v) is 2.04. The van der Waals surface area contributed by atoms with E-state index in [0.29, 0.717) is 5.92 Å². The van der Waals surface area contributed by atoms with Gasteiger partial charge in [0.05, 0.1) is 4.92 Å². The van der Waals surface area contributed by atoms with Crippen molar-refractivity contribution in [2.75, 3.05) is 6.61 Å². The molecule has 0 saturated heterocycles. The summed E-state index contributed by atoms with van der Waals surface area (Å²) in [5, 5.41) is 14.0. The number of nitro benzene ring substituents is 1. The lowest BCUT2D eigenvalue weighted by Gasteiger charge is -2.15. The number of nitrogens with zero attached hydrogens (tertiary/aromatic N) is 1. The first-order chi connectivity index (χ1) is 10.3. The molecular weight excluding hydrogens is 308 g/mol. The van der Waals surface area contributed by atoms with Crippen molar-refractivity contribution >= 4 is 23.2 Å². The number of carbonyl (C=O) groups is 1. The third-order valence-electron chi connectivity index (χ3n) is 3.06. The molecule has 1 N–H and O–H groups in total. The maximum atomic E-state index is 11.8. The Morgan fingerprint density at radius 3 is 2.64 bits per heavy atom. The number of rotatable bonds is 8. The quantitative estimate of drug-likeness (QED) is 0.584. The Kier molecular flexibility index (Phi) is 7.11. The average Bonchev–Trinajstić information content (AvgIpc) is 2.43. The van der Waals surface area contributed by atoms with Gasteiger partial charge in [-0.3, -0.25) is 14.9 Å². The van der Waals surface area contributed by atoms with E-state index >= 15 is 0 Å². The maximum absolute atomic E-state index is 11.8. The second-order valence-electron chi connectivity index (χ2n) is 5.60. The van der Waals surface area contributed by atoms with Crippen molar-refractivity contribution in [3.8, 4) is 5.75 Å². The first-order valence-electron chi connectivity index (χ1n) is 7.15. The maximum Gasteiger partial charge on any atom is 0.312 e. The highest BCUT2D eigenvalue weighted by atomic mass is 35.5. The molecule has 1 aromatic rings. The minimum absolute atomic E-state index is 0.0272. The van der Waals surface area contributed by atoms with Crippen molar-refractivity contribution in [3.05, 3.63) is 33.3 Å². The summed E-state index contributed by atoms with van der Waals surface area (Å²) in [6, 6.07) is 4.10. The number of benzene rings is 1. The van der Waals surface area contributed by atoms with E-state index in [-0.39, 0.29) is 35.0 Å². The monoisotopic (exact) mass is 328 g/mol. The van der Waals surface area contributed by atoms with Gasteiger partial charge in [-0.2, -0.15) is 0 Å². The van der Waals surface area contributed by atoms with Gasteiger partial charge >= 0.3 is 5.69 Å². The number of hydrogen-bond acceptors (Lipinski definition) is 4. The van der Waals surface area contributed by atoms with Gasteiger partial charge in [-0.25, -0.2) is 0 Å². The van der Waals surface area contributed by atoms with Crippen molar-refractivity contribution in [1.29, 1.82) is 0 Å². The number of ether oxygens (including phenoxy) is 1. The molecule has 1 aromatic carbocycles. The molecule has 6 nitrogen and oxygen atoms in total. The van der Waals surface area contributed by atoms with E-state index in [4.69, 9.17) is 16.3 Å². The Bertz CT molecular complexity index is 534. The first-order valence-corrected chi connectivity index (χ1v) is 7.53. The van der Waals surface area contributed by atoms with Crippen LogP contribution in [0.2, 0.25) is 5.02 Å². The molecular formula is C15H21ClN2O4. The zero-order chi connectivity index (χ0) is 16.7. The second-order valence-corrected chi connectivity index (χ2v) is 6.03. The molecule has 1 amide bonds. The third-order valence-corrected chi connectivity index (χ3v) is 3.30. The molecule has 0 unspecified atom stereocenters. The molecule has 1 atom stereocenters. The molecule has 0 bridgehead atoms. The molecule has 0 aliphatic carbocycles. The van der Waals surface area contributed by atoms with Gasteiger partial charge in [0, 0.05) is 17.1 Å². The van der Waals surface area contributed by atoms with Crippen molar-refractivity contribution in [3.63, 3.8) is 0 Å². The minimum Gasteiger partial charge on any atom is -0.477 e. The Hall–Kier alpha value is -1.82. The summed E-state index contributed by atoms with van der Waals surface area (Å²) in [5.41, 5.74) is -0.256. The number of halogens is 1.